The summed E-state index contributed by atoms with van der Waals surface area (Å²) in [4.78, 5) is 0. The Morgan fingerprint density at radius 3 is 2.55 bits per heavy atom. The first kappa shape index (κ1) is 9.24. The molecule has 0 aromatic heterocycles. The highest BCUT2D eigenvalue weighted by Gasteiger charge is 2.20. The summed E-state index contributed by atoms with van der Waals surface area (Å²) in [6.07, 6.45) is 7.37. The van der Waals surface area contributed by atoms with Crippen LogP contribution in [0.15, 0.2) is 0 Å². The van der Waals surface area contributed by atoms with Crippen LogP contribution in [0.4, 0.5) is 0 Å². The fourth-order valence-electron chi connectivity index (χ4n) is 1.60. The van der Waals surface area contributed by atoms with E-state index >= 15 is 0 Å². The SMILES string of the molecule is CCCCS(=O)C1CCCC1. The molecule has 1 rings (SSSR count). The van der Waals surface area contributed by atoms with Gasteiger partial charge < -0.3 is 0 Å². The molecule has 1 unspecified atom stereocenters. The summed E-state index contributed by atoms with van der Waals surface area (Å²) in [6, 6.07) is 0. The van der Waals surface area contributed by atoms with Crippen LogP contribution in [-0.2, 0) is 10.8 Å². The average molecular weight is 174 g/mol. The Balaban J connectivity index is 2.17. The molecule has 0 amide bonds. The monoisotopic (exact) mass is 174 g/mol. The minimum absolute atomic E-state index is 0.495. The predicted molar refractivity (Wildman–Crippen MR) is 50.2 cm³/mol. The molecule has 1 nitrogen and oxygen atoms in total. The van der Waals surface area contributed by atoms with Gasteiger partial charge in [0.25, 0.3) is 0 Å². The summed E-state index contributed by atoms with van der Waals surface area (Å²) in [7, 11) is -0.495. The lowest BCUT2D eigenvalue weighted by molar-refractivity contribution is 0.665. The van der Waals surface area contributed by atoms with E-state index < -0.39 is 10.8 Å². The Kier molecular flexibility index (Phi) is 4.13. The van der Waals surface area contributed by atoms with Crippen LogP contribution in [0.3, 0.4) is 0 Å². The summed E-state index contributed by atoms with van der Waals surface area (Å²) >= 11 is 0. The van der Waals surface area contributed by atoms with Gasteiger partial charge in [0.05, 0.1) is 0 Å². The van der Waals surface area contributed by atoms with Crippen molar-refractivity contribution in [1.82, 2.24) is 0 Å². The molecule has 0 N–H and O–H groups in total. The highest BCUT2D eigenvalue weighted by atomic mass is 32.2. The van der Waals surface area contributed by atoms with Gasteiger partial charge in [-0.15, -0.1) is 0 Å². The van der Waals surface area contributed by atoms with Crippen molar-refractivity contribution in [2.45, 2.75) is 50.7 Å². The third-order valence-electron chi connectivity index (χ3n) is 2.37. The van der Waals surface area contributed by atoms with Crippen LogP contribution in [0.2, 0.25) is 0 Å². The maximum Gasteiger partial charge on any atom is 0.0348 e. The zero-order valence-electron chi connectivity index (χ0n) is 7.34. The summed E-state index contributed by atoms with van der Waals surface area (Å²) in [6.45, 7) is 2.16. The number of unbranched alkanes of at least 4 members (excludes halogenated alkanes) is 1. The summed E-state index contributed by atoms with van der Waals surface area (Å²) in [5.74, 6) is 0.946. The first-order chi connectivity index (χ1) is 5.34. The average Bonchev–Trinajstić information content (AvgIpc) is 2.52. The molecule has 0 saturated heterocycles. The number of hydrogen-bond acceptors (Lipinski definition) is 1. The Hall–Kier alpha value is 0.150. The highest BCUT2D eigenvalue weighted by molar-refractivity contribution is 7.85. The molecule has 0 bridgehead atoms. The van der Waals surface area contributed by atoms with Crippen LogP contribution in [-0.4, -0.2) is 15.2 Å². The van der Waals surface area contributed by atoms with Gasteiger partial charge in [-0.25, -0.2) is 0 Å². The van der Waals surface area contributed by atoms with E-state index in [1.807, 2.05) is 0 Å². The zero-order chi connectivity index (χ0) is 8.10. The van der Waals surface area contributed by atoms with Gasteiger partial charge in [0.2, 0.25) is 0 Å². The molecule has 1 atom stereocenters. The molecule has 1 fully saturated rings. The molecule has 11 heavy (non-hydrogen) atoms. The molecule has 1 aliphatic carbocycles. The summed E-state index contributed by atoms with van der Waals surface area (Å²) < 4.78 is 11.5. The molecule has 0 radical (unpaired) electrons. The molecule has 1 saturated carbocycles. The minimum Gasteiger partial charge on any atom is -0.259 e. The van der Waals surface area contributed by atoms with Crippen molar-refractivity contribution in [2.75, 3.05) is 5.75 Å². The van der Waals surface area contributed by atoms with Crippen molar-refractivity contribution in [3.05, 3.63) is 0 Å². The fourth-order valence-corrected chi connectivity index (χ4v) is 3.37. The highest BCUT2D eigenvalue weighted by Crippen LogP contribution is 2.23. The van der Waals surface area contributed by atoms with Crippen LogP contribution in [0, 0.1) is 0 Å². The van der Waals surface area contributed by atoms with E-state index in [0.717, 1.165) is 12.2 Å². The lowest BCUT2D eigenvalue weighted by atomic mass is 10.4. The van der Waals surface area contributed by atoms with Gasteiger partial charge in [0.15, 0.2) is 0 Å². The van der Waals surface area contributed by atoms with E-state index in [-0.39, 0.29) is 0 Å². The summed E-state index contributed by atoms with van der Waals surface area (Å²) in [5.41, 5.74) is 0. The van der Waals surface area contributed by atoms with E-state index in [4.69, 9.17) is 0 Å². The molecule has 1 aliphatic rings. The van der Waals surface area contributed by atoms with Crippen molar-refractivity contribution in [3.63, 3.8) is 0 Å². The Labute approximate surface area is 72.0 Å². The van der Waals surface area contributed by atoms with Crippen molar-refractivity contribution in [2.24, 2.45) is 0 Å². The van der Waals surface area contributed by atoms with E-state index in [2.05, 4.69) is 6.92 Å². The molecule has 0 spiro atoms. The van der Waals surface area contributed by atoms with Crippen molar-refractivity contribution < 1.29 is 4.21 Å². The van der Waals surface area contributed by atoms with Gasteiger partial charge in [-0.2, -0.15) is 0 Å². The van der Waals surface area contributed by atoms with Crippen LogP contribution < -0.4 is 0 Å². The molecule has 0 aromatic carbocycles. The topological polar surface area (TPSA) is 17.1 Å². The third-order valence-corrected chi connectivity index (χ3v) is 4.28. The van der Waals surface area contributed by atoms with E-state index in [1.165, 1.54) is 32.1 Å². The standard InChI is InChI=1S/C9H18OS/c1-2-3-8-11(10)9-6-4-5-7-9/h9H,2-8H2,1H3. The second-order valence-electron chi connectivity index (χ2n) is 3.34. The lowest BCUT2D eigenvalue weighted by Gasteiger charge is -2.07. The minimum atomic E-state index is -0.495. The number of hydrogen-bond donors (Lipinski definition) is 0. The molecular weight excluding hydrogens is 156 g/mol. The molecule has 0 heterocycles. The summed E-state index contributed by atoms with van der Waals surface area (Å²) in [5, 5.41) is 0.557. The van der Waals surface area contributed by atoms with E-state index in [1.54, 1.807) is 0 Å². The molecular formula is C9H18OS. The fraction of sp³-hybridized carbons (Fsp3) is 1.00. The van der Waals surface area contributed by atoms with E-state index in [0.29, 0.717) is 5.25 Å². The van der Waals surface area contributed by atoms with Crippen LogP contribution in [0.5, 0.6) is 0 Å². The smallest absolute Gasteiger partial charge is 0.0348 e. The van der Waals surface area contributed by atoms with Crippen molar-refractivity contribution in [3.8, 4) is 0 Å². The number of rotatable bonds is 4. The quantitative estimate of drug-likeness (QED) is 0.640. The van der Waals surface area contributed by atoms with Gasteiger partial charge in [0, 0.05) is 21.8 Å². The maximum absolute atomic E-state index is 11.5. The van der Waals surface area contributed by atoms with Gasteiger partial charge in [-0.3, -0.25) is 4.21 Å². The largest absolute Gasteiger partial charge is 0.259 e. The predicted octanol–water partition coefficient (Wildman–Crippen LogP) is 2.48. The van der Waals surface area contributed by atoms with Crippen LogP contribution >= 0.6 is 0 Å². The van der Waals surface area contributed by atoms with Crippen LogP contribution in [0.25, 0.3) is 0 Å². The molecule has 0 aliphatic heterocycles. The second kappa shape index (κ2) is 4.91. The van der Waals surface area contributed by atoms with Gasteiger partial charge in [-0.1, -0.05) is 26.2 Å². The van der Waals surface area contributed by atoms with E-state index in [9.17, 15) is 4.21 Å². The van der Waals surface area contributed by atoms with Crippen molar-refractivity contribution in [1.29, 1.82) is 0 Å². The third kappa shape index (κ3) is 2.94. The zero-order valence-corrected chi connectivity index (χ0v) is 8.16. The molecule has 2 heteroatoms. The first-order valence-corrected chi connectivity index (χ1v) is 6.10. The van der Waals surface area contributed by atoms with Crippen LogP contribution in [0.1, 0.15) is 45.4 Å². The molecule has 66 valence electrons. The van der Waals surface area contributed by atoms with Gasteiger partial charge in [0.1, 0.15) is 0 Å². The van der Waals surface area contributed by atoms with Gasteiger partial charge >= 0.3 is 0 Å². The molecule has 0 aromatic rings. The second-order valence-corrected chi connectivity index (χ2v) is 5.18. The Morgan fingerprint density at radius 2 is 2.00 bits per heavy atom. The first-order valence-electron chi connectivity index (χ1n) is 4.71. The Bertz CT molecular complexity index is 128. The maximum atomic E-state index is 11.5. The normalized spacial score (nSPS) is 22.3. The van der Waals surface area contributed by atoms with Crippen molar-refractivity contribution >= 4 is 10.8 Å². The lowest BCUT2D eigenvalue weighted by Crippen LogP contribution is -2.13. The van der Waals surface area contributed by atoms with Gasteiger partial charge in [-0.05, 0) is 19.3 Å². The Morgan fingerprint density at radius 1 is 1.36 bits per heavy atom.